The second-order valence-electron chi connectivity index (χ2n) is 8.64. The van der Waals surface area contributed by atoms with Crippen LogP contribution in [0.2, 0.25) is 0 Å². The summed E-state index contributed by atoms with van der Waals surface area (Å²) in [5.41, 5.74) is 3.24. The first-order valence-corrected chi connectivity index (χ1v) is 11.0. The Hall–Kier alpha value is -3.78. The standard InChI is InChI=1S/C25H23N5O3/c1-15-24(31)28(2)20-9-10-21(27-23(20)29(15)17-13-33-14-17)30-22(16-6-5-11-26-12-16)18-7-3-4-8-19(18)25(30)32/h3-12,15,17,22H,13-14H2,1-2H3. The van der Waals surface area contributed by atoms with Crippen LogP contribution in [0, 0.1) is 0 Å². The highest BCUT2D eigenvalue weighted by molar-refractivity contribution is 6.12. The minimum Gasteiger partial charge on any atom is -0.377 e. The molecule has 0 bridgehead atoms. The Morgan fingerprint density at radius 1 is 1.03 bits per heavy atom. The lowest BCUT2D eigenvalue weighted by Gasteiger charge is -2.46. The van der Waals surface area contributed by atoms with Crippen molar-refractivity contribution in [1.82, 2.24) is 9.97 Å². The van der Waals surface area contributed by atoms with Crippen molar-refractivity contribution < 1.29 is 14.3 Å². The average Bonchev–Trinajstić information content (AvgIpc) is 3.12. The molecule has 8 nitrogen and oxygen atoms in total. The highest BCUT2D eigenvalue weighted by Crippen LogP contribution is 2.43. The van der Waals surface area contributed by atoms with E-state index in [1.165, 1.54) is 0 Å². The maximum absolute atomic E-state index is 13.6. The normalized spacial score (nSPS) is 22.3. The summed E-state index contributed by atoms with van der Waals surface area (Å²) in [4.78, 5) is 41.1. The number of carbonyl (C=O) groups excluding carboxylic acids is 2. The molecule has 166 valence electrons. The van der Waals surface area contributed by atoms with Crippen molar-refractivity contribution in [1.29, 1.82) is 0 Å². The van der Waals surface area contributed by atoms with Crippen LogP contribution in [-0.2, 0) is 9.53 Å². The number of nitrogens with zero attached hydrogens (tertiary/aromatic N) is 5. The summed E-state index contributed by atoms with van der Waals surface area (Å²) in [6.45, 7) is 3.00. The Morgan fingerprint density at radius 2 is 1.85 bits per heavy atom. The molecule has 0 N–H and O–H groups in total. The molecule has 1 fully saturated rings. The van der Waals surface area contributed by atoms with Gasteiger partial charge >= 0.3 is 0 Å². The third-order valence-electron chi connectivity index (χ3n) is 6.77. The highest BCUT2D eigenvalue weighted by atomic mass is 16.5. The van der Waals surface area contributed by atoms with E-state index in [0.717, 1.165) is 16.8 Å². The fourth-order valence-electron chi connectivity index (χ4n) is 5.01. The summed E-state index contributed by atoms with van der Waals surface area (Å²) in [7, 11) is 1.77. The van der Waals surface area contributed by atoms with Gasteiger partial charge in [-0.1, -0.05) is 24.3 Å². The molecule has 33 heavy (non-hydrogen) atoms. The fraction of sp³-hybridized carbons (Fsp3) is 0.280. The van der Waals surface area contributed by atoms with E-state index in [4.69, 9.17) is 9.72 Å². The van der Waals surface area contributed by atoms with Gasteiger partial charge in [-0.3, -0.25) is 19.5 Å². The van der Waals surface area contributed by atoms with Gasteiger partial charge in [0.1, 0.15) is 11.9 Å². The van der Waals surface area contributed by atoms with Gasteiger partial charge in [0.15, 0.2) is 5.82 Å². The Balaban J connectivity index is 1.50. The van der Waals surface area contributed by atoms with Crippen molar-refractivity contribution in [2.75, 3.05) is 35.0 Å². The van der Waals surface area contributed by atoms with E-state index < -0.39 is 0 Å². The number of carbonyl (C=O) groups is 2. The SMILES string of the molecule is CC1C(=O)N(C)c2ccc(N3C(=O)c4ccccc4C3c3cccnc3)nc2N1C1COC1. The van der Waals surface area contributed by atoms with Crippen molar-refractivity contribution in [3.8, 4) is 0 Å². The largest absolute Gasteiger partial charge is 0.377 e. The Morgan fingerprint density at radius 3 is 2.58 bits per heavy atom. The molecule has 2 unspecified atom stereocenters. The summed E-state index contributed by atoms with van der Waals surface area (Å²) < 4.78 is 5.41. The number of rotatable bonds is 3. The van der Waals surface area contributed by atoms with Crippen LogP contribution >= 0.6 is 0 Å². The number of aromatic nitrogens is 2. The number of hydrogen-bond acceptors (Lipinski definition) is 6. The van der Waals surface area contributed by atoms with Crippen LogP contribution in [0.3, 0.4) is 0 Å². The number of amides is 2. The maximum atomic E-state index is 13.6. The maximum Gasteiger partial charge on any atom is 0.260 e. The number of anilines is 3. The molecule has 3 aromatic rings. The van der Waals surface area contributed by atoms with E-state index in [9.17, 15) is 9.59 Å². The minimum atomic E-state index is -0.361. The molecule has 0 spiro atoms. The van der Waals surface area contributed by atoms with Gasteiger partial charge in [0.05, 0.1) is 31.0 Å². The predicted octanol–water partition coefficient (Wildman–Crippen LogP) is 2.80. The van der Waals surface area contributed by atoms with E-state index in [0.29, 0.717) is 30.4 Å². The van der Waals surface area contributed by atoms with Crippen LogP contribution in [0.4, 0.5) is 17.3 Å². The van der Waals surface area contributed by atoms with Gasteiger partial charge < -0.3 is 14.5 Å². The van der Waals surface area contributed by atoms with Crippen molar-refractivity contribution in [2.45, 2.75) is 25.0 Å². The molecule has 0 saturated carbocycles. The van der Waals surface area contributed by atoms with Gasteiger partial charge in [-0.25, -0.2) is 4.98 Å². The number of pyridine rings is 2. The number of ether oxygens (including phenoxy) is 1. The zero-order valence-electron chi connectivity index (χ0n) is 18.4. The van der Waals surface area contributed by atoms with Crippen LogP contribution in [0.25, 0.3) is 0 Å². The lowest BCUT2D eigenvalue weighted by Crippen LogP contribution is -2.60. The molecule has 3 aliphatic rings. The third kappa shape index (κ3) is 2.87. The van der Waals surface area contributed by atoms with Crippen molar-refractivity contribution in [2.24, 2.45) is 0 Å². The summed E-state index contributed by atoms with van der Waals surface area (Å²) in [6.07, 6.45) is 3.51. The molecule has 3 aliphatic heterocycles. The molecule has 1 saturated heterocycles. The van der Waals surface area contributed by atoms with Crippen LogP contribution in [0.5, 0.6) is 0 Å². The molecular weight excluding hydrogens is 418 g/mol. The predicted molar refractivity (Wildman–Crippen MR) is 124 cm³/mol. The van der Waals surface area contributed by atoms with Crippen molar-refractivity contribution >= 4 is 29.1 Å². The first-order valence-electron chi connectivity index (χ1n) is 11.0. The fourth-order valence-corrected chi connectivity index (χ4v) is 5.01. The minimum absolute atomic E-state index is 0.0156. The van der Waals surface area contributed by atoms with Gasteiger partial charge in [-0.2, -0.15) is 0 Å². The van der Waals surface area contributed by atoms with E-state index in [1.54, 1.807) is 29.2 Å². The lowest BCUT2D eigenvalue weighted by atomic mass is 9.99. The highest BCUT2D eigenvalue weighted by Gasteiger charge is 2.43. The molecule has 6 rings (SSSR count). The monoisotopic (exact) mass is 441 g/mol. The zero-order valence-corrected chi connectivity index (χ0v) is 18.4. The molecule has 2 aromatic heterocycles. The third-order valence-corrected chi connectivity index (χ3v) is 6.77. The molecule has 2 amide bonds. The molecular formula is C25H23N5O3. The first kappa shape index (κ1) is 19.9. The van der Waals surface area contributed by atoms with Crippen LogP contribution in [0.1, 0.15) is 34.5 Å². The molecule has 0 aliphatic carbocycles. The van der Waals surface area contributed by atoms with Gasteiger partial charge in [0, 0.05) is 25.0 Å². The van der Waals surface area contributed by atoms with E-state index in [-0.39, 0.29) is 29.9 Å². The lowest BCUT2D eigenvalue weighted by molar-refractivity contribution is -0.120. The molecule has 8 heteroatoms. The first-order chi connectivity index (χ1) is 16.1. The molecule has 0 radical (unpaired) electrons. The summed E-state index contributed by atoms with van der Waals surface area (Å²) in [5, 5.41) is 0. The second-order valence-corrected chi connectivity index (χ2v) is 8.64. The number of likely N-dealkylation sites (N-methyl/N-ethyl adjacent to an activating group) is 1. The number of fused-ring (bicyclic) bond motifs is 2. The van der Waals surface area contributed by atoms with Gasteiger partial charge in [-0.15, -0.1) is 0 Å². The quantitative estimate of drug-likeness (QED) is 0.622. The summed E-state index contributed by atoms with van der Waals surface area (Å²) >= 11 is 0. The molecule has 5 heterocycles. The number of hydrogen-bond donors (Lipinski definition) is 0. The van der Waals surface area contributed by atoms with Crippen molar-refractivity contribution in [3.63, 3.8) is 0 Å². The molecule has 1 aromatic carbocycles. The second kappa shape index (κ2) is 7.38. The van der Waals surface area contributed by atoms with Gasteiger partial charge in [0.2, 0.25) is 5.91 Å². The van der Waals surface area contributed by atoms with Gasteiger partial charge in [-0.05, 0) is 42.3 Å². The van der Waals surface area contributed by atoms with Crippen LogP contribution < -0.4 is 14.7 Å². The van der Waals surface area contributed by atoms with E-state index in [2.05, 4.69) is 4.98 Å². The van der Waals surface area contributed by atoms with Crippen LogP contribution in [0.15, 0.2) is 60.9 Å². The summed E-state index contributed by atoms with van der Waals surface area (Å²) in [6, 6.07) is 14.6. The zero-order chi connectivity index (χ0) is 22.7. The van der Waals surface area contributed by atoms with Crippen LogP contribution in [-0.4, -0.2) is 54.1 Å². The topological polar surface area (TPSA) is 78.9 Å². The average molecular weight is 441 g/mol. The summed E-state index contributed by atoms with van der Waals surface area (Å²) in [5.74, 6) is 1.16. The Labute approximate surface area is 191 Å². The van der Waals surface area contributed by atoms with Gasteiger partial charge in [0.25, 0.3) is 5.91 Å². The Bertz CT molecular complexity index is 1260. The van der Waals surface area contributed by atoms with E-state index >= 15 is 0 Å². The molecule has 2 atom stereocenters. The smallest absolute Gasteiger partial charge is 0.260 e. The number of benzene rings is 1. The van der Waals surface area contributed by atoms with Crippen molar-refractivity contribution in [3.05, 3.63) is 77.6 Å². The van der Waals surface area contributed by atoms with E-state index in [1.807, 2.05) is 60.4 Å². The Kier molecular flexibility index (Phi) is 4.45.